The molecule has 0 aliphatic heterocycles. The van der Waals surface area contributed by atoms with Gasteiger partial charge < -0.3 is 10.4 Å². The molecule has 5 heteroatoms. The van der Waals surface area contributed by atoms with Gasteiger partial charge in [-0.1, -0.05) is 6.07 Å². The topological polar surface area (TPSA) is 79.3 Å². The maximum Gasteiger partial charge on any atom is 0.303 e. The van der Waals surface area contributed by atoms with Crippen molar-refractivity contribution in [2.45, 2.75) is 25.7 Å². The van der Waals surface area contributed by atoms with E-state index in [1.165, 1.54) is 0 Å². The van der Waals surface area contributed by atoms with Gasteiger partial charge in [-0.25, -0.2) is 0 Å². The molecule has 0 spiro atoms. The molecule has 1 rings (SSSR count). The number of aliphatic carboxylic acids is 1. The van der Waals surface area contributed by atoms with Crippen molar-refractivity contribution >= 4 is 11.9 Å². The Morgan fingerprint density at radius 1 is 1.35 bits per heavy atom. The van der Waals surface area contributed by atoms with E-state index in [4.69, 9.17) is 5.11 Å². The molecule has 0 radical (unpaired) electrons. The van der Waals surface area contributed by atoms with Crippen LogP contribution in [0.3, 0.4) is 0 Å². The average molecular weight is 236 g/mol. The van der Waals surface area contributed by atoms with Crippen LogP contribution in [0.2, 0.25) is 0 Å². The zero-order chi connectivity index (χ0) is 12.5. The molecular formula is C12H16N2O3. The predicted molar refractivity (Wildman–Crippen MR) is 62.4 cm³/mol. The minimum absolute atomic E-state index is 0.0563. The Morgan fingerprint density at radius 3 is 2.82 bits per heavy atom. The minimum atomic E-state index is -0.838. The van der Waals surface area contributed by atoms with Gasteiger partial charge >= 0.3 is 5.97 Å². The maximum atomic E-state index is 11.4. The first kappa shape index (κ1) is 13.2. The van der Waals surface area contributed by atoms with Crippen LogP contribution < -0.4 is 5.32 Å². The molecule has 17 heavy (non-hydrogen) atoms. The number of hydrogen-bond donors (Lipinski definition) is 2. The lowest BCUT2D eigenvalue weighted by molar-refractivity contribution is -0.137. The quantitative estimate of drug-likeness (QED) is 0.692. The van der Waals surface area contributed by atoms with Crippen molar-refractivity contribution < 1.29 is 14.7 Å². The summed E-state index contributed by atoms with van der Waals surface area (Å²) in [5.41, 5.74) is 1.02. The van der Waals surface area contributed by atoms with Gasteiger partial charge in [-0.15, -0.1) is 0 Å². The van der Waals surface area contributed by atoms with Gasteiger partial charge in [0.25, 0.3) is 0 Å². The van der Waals surface area contributed by atoms with Crippen molar-refractivity contribution in [2.24, 2.45) is 0 Å². The number of carboxylic acid groups (broad SMARTS) is 1. The second-order valence-electron chi connectivity index (χ2n) is 3.71. The summed E-state index contributed by atoms with van der Waals surface area (Å²) in [6.07, 6.45) is 5.03. The van der Waals surface area contributed by atoms with E-state index < -0.39 is 5.97 Å². The molecule has 0 fully saturated rings. The van der Waals surface area contributed by atoms with Crippen LogP contribution in [0.4, 0.5) is 0 Å². The number of carboxylic acids is 1. The molecule has 0 aliphatic carbocycles. The molecule has 0 aliphatic rings. The number of aromatic nitrogens is 1. The normalized spacial score (nSPS) is 9.88. The first-order chi connectivity index (χ1) is 8.18. The maximum absolute atomic E-state index is 11.4. The van der Waals surface area contributed by atoms with E-state index in [1.54, 1.807) is 12.4 Å². The number of carbonyl (C=O) groups is 2. The van der Waals surface area contributed by atoms with E-state index in [9.17, 15) is 9.59 Å². The average Bonchev–Trinajstić information content (AvgIpc) is 2.33. The van der Waals surface area contributed by atoms with Gasteiger partial charge in [-0.2, -0.15) is 0 Å². The second kappa shape index (κ2) is 7.38. The van der Waals surface area contributed by atoms with Crippen molar-refractivity contribution in [2.75, 3.05) is 6.54 Å². The lowest BCUT2D eigenvalue weighted by Crippen LogP contribution is -2.25. The van der Waals surface area contributed by atoms with Crippen LogP contribution in [0.25, 0.3) is 0 Å². The number of carbonyl (C=O) groups excluding carboxylic acids is 1. The van der Waals surface area contributed by atoms with E-state index in [1.807, 2.05) is 12.1 Å². The Labute approximate surface area is 99.9 Å². The summed E-state index contributed by atoms with van der Waals surface area (Å²) in [7, 11) is 0. The van der Waals surface area contributed by atoms with E-state index in [0.29, 0.717) is 25.8 Å². The SMILES string of the molecule is O=C(O)CCCNC(=O)CCc1cccnc1. The number of amides is 1. The van der Waals surface area contributed by atoms with Gasteiger partial charge in [-0.3, -0.25) is 14.6 Å². The summed E-state index contributed by atoms with van der Waals surface area (Å²) >= 11 is 0. The smallest absolute Gasteiger partial charge is 0.303 e. The number of rotatable bonds is 7. The molecule has 0 atom stereocenters. The summed E-state index contributed by atoms with van der Waals surface area (Å²) < 4.78 is 0. The number of nitrogens with one attached hydrogen (secondary N) is 1. The van der Waals surface area contributed by atoms with E-state index in [0.717, 1.165) is 5.56 Å². The molecule has 0 saturated carbocycles. The third-order valence-corrected chi connectivity index (χ3v) is 2.25. The summed E-state index contributed by atoms with van der Waals surface area (Å²) in [6.45, 7) is 0.415. The van der Waals surface area contributed by atoms with Crippen molar-refractivity contribution in [3.63, 3.8) is 0 Å². The molecule has 2 N–H and O–H groups in total. The molecule has 0 unspecified atom stereocenters. The van der Waals surface area contributed by atoms with Crippen LogP contribution in [0.1, 0.15) is 24.8 Å². The molecule has 0 bridgehead atoms. The van der Waals surface area contributed by atoms with Gasteiger partial charge in [0.2, 0.25) is 5.91 Å². The molecule has 92 valence electrons. The molecule has 0 saturated heterocycles. The van der Waals surface area contributed by atoms with E-state index in [-0.39, 0.29) is 12.3 Å². The second-order valence-corrected chi connectivity index (χ2v) is 3.71. The van der Waals surface area contributed by atoms with Crippen LogP contribution in [0, 0.1) is 0 Å². The summed E-state index contributed by atoms with van der Waals surface area (Å²) in [5.74, 6) is -0.895. The molecule has 0 aromatic carbocycles. The molecule has 1 heterocycles. The highest BCUT2D eigenvalue weighted by molar-refractivity contribution is 5.76. The molecule has 1 aromatic heterocycles. The van der Waals surface area contributed by atoms with Crippen molar-refractivity contribution in [1.29, 1.82) is 0 Å². The van der Waals surface area contributed by atoms with Crippen LogP contribution >= 0.6 is 0 Å². The van der Waals surface area contributed by atoms with Gasteiger partial charge in [0.15, 0.2) is 0 Å². The van der Waals surface area contributed by atoms with Crippen molar-refractivity contribution in [3.05, 3.63) is 30.1 Å². The Bertz CT molecular complexity index is 365. The number of hydrogen-bond acceptors (Lipinski definition) is 3. The Kier molecular flexibility index (Phi) is 5.71. The van der Waals surface area contributed by atoms with Crippen LogP contribution in [-0.2, 0) is 16.0 Å². The molecule has 1 amide bonds. The van der Waals surface area contributed by atoms with E-state index in [2.05, 4.69) is 10.3 Å². The largest absolute Gasteiger partial charge is 0.481 e. The van der Waals surface area contributed by atoms with Gasteiger partial charge in [-0.05, 0) is 24.5 Å². The first-order valence-corrected chi connectivity index (χ1v) is 5.56. The lowest BCUT2D eigenvalue weighted by Gasteiger charge is -2.03. The van der Waals surface area contributed by atoms with Gasteiger partial charge in [0, 0.05) is 31.8 Å². The first-order valence-electron chi connectivity index (χ1n) is 5.56. The summed E-state index contributed by atoms with van der Waals surface area (Å²) in [5, 5.41) is 11.1. The van der Waals surface area contributed by atoms with Crippen molar-refractivity contribution in [1.82, 2.24) is 10.3 Å². The van der Waals surface area contributed by atoms with Gasteiger partial charge in [0.05, 0.1) is 0 Å². The standard InChI is InChI=1S/C12H16N2O3/c15-11(14-8-2-4-12(16)17)6-5-10-3-1-7-13-9-10/h1,3,7,9H,2,4-6,8H2,(H,14,15)(H,16,17). The van der Waals surface area contributed by atoms with Crippen molar-refractivity contribution in [3.8, 4) is 0 Å². The highest BCUT2D eigenvalue weighted by Gasteiger charge is 2.02. The summed E-state index contributed by atoms with van der Waals surface area (Å²) in [6, 6.07) is 3.75. The van der Waals surface area contributed by atoms with E-state index >= 15 is 0 Å². The third kappa shape index (κ3) is 6.29. The fourth-order valence-corrected chi connectivity index (χ4v) is 1.36. The predicted octanol–water partition coefficient (Wildman–Crippen LogP) is 0.995. The Hall–Kier alpha value is -1.91. The molecule has 5 nitrogen and oxygen atoms in total. The third-order valence-electron chi connectivity index (χ3n) is 2.25. The zero-order valence-corrected chi connectivity index (χ0v) is 9.56. The Morgan fingerprint density at radius 2 is 2.18 bits per heavy atom. The monoisotopic (exact) mass is 236 g/mol. The Balaban J connectivity index is 2.11. The lowest BCUT2D eigenvalue weighted by atomic mass is 10.1. The minimum Gasteiger partial charge on any atom is -0.481 e. The molecule has 1 aromatic rings. The zero-order valence-electron chi connectivity index (χ0n) is 9.56. The van der Waals surface area contributed by atoms with Crippen LogP contribution in [0.5, 0.6) is 0 Å². The highest BCUT2D eigenvalue weighted by Crippen LogP contribution is 2.00. The number of aryl methyl sites for hydroxylation is 1. The fourth-order valence-electron chi connectivity index (χ4n) is 1.36. The molecular weight excluding hydrogens is 220 g/mol. The highest BCUT2D eigenvalue weighted by atomic mass is 16.4. The number of pyridine rings is 1. The number of nitrogens with zero attached hydrogens (tertiary/aromatic N) is 1. The van der Waals surface area contributed by atoms with Gasteiger partial charge in [0.1, 0.15) is 0 Å². The van der Waals surface area contributed by atoms with Crippen LogP contribution in [0.15, 0.2) is 24.5 Å². The van der Waals surface area contributed by atoms with Crippen LogP contribution in [-0.4, -0.2) is 28.5 Å². The summed E-state index contributed by atoms with van der Waals surface area (Å²) in [4.78, 5) is 25.6. The fraction of sp³-hybridized carbons (Fsp3) is 0.417.